The number of rotatable bonds is 4. The Labute approximate surface area is 135 Å². The third kappa shape index (κ3) is 2.72. The van der Waals surface area contributed by atoms with E-state index in [4.69, 9.17) is 15.6 Å². The number of aliphatic carboxylic acids is 1. The molecule has 0 radical (unpaired) electrons. The van der Waals surface area contributed by atoms with Gasteiger partial charge in [0.25, 0.3) is 0 Å². The number of anilines is 1. The van der Waals surface area contributed by atoms with Gasteiger partial charge >= 0.3 is 5.97 Å². The van der Waals surface area contributed by atoms with Gasteiger partial charge in [-0.3, -0.25) is 9.36 Å². The zero-order valence-corrected chi connectivity index (χ0v) is 12.7. The first kappa shape index (κ1) is 15.9. The second-order valence-corrected chi connectivity index (χ2v) is 5.74. The summed E-state index contributed by atoms with van der Waals surface area (Å²) in [7, 11) is 0. The number of aliphatic hydroxyl groups is 2. The molecule has 0 unspecified atom stereocenters. The molecule has 0 spiro atoms. The van der Waals surface area contributed by atoms with Crippen molar-refractivity contribution >= 4 is 35.6 Å². The van der Waals surface area contributed by atoms with Crippen molar-refractivity contribution in [3.05, 3.63) is 12.2 Å². The molecule has 0 aromatic carbocycles. The number of hydrogen-bond donors (Lipinski definition) is 5. The van der Waals surface area contributed by atoms with Gasteiger partial charge in [-0.05, 0) is 0 Å². The average molecular weight is 341 g/mol. The Hall–Kier alpha value is -1.95. The zero-order chi connectivity index (χ0) is 16.7. The lowest BCUT2D eigenvalue weighted by molar-refractivity contribution is -0.136. The molecule has 0 aliphatic carbocycles. The van der Waals surface area contributed by atoms with Crippen molar-refractivity contribution in [2.45, 2.75) is 30.1 Å². The summed E-state index contributed by atoms with van der Waals surface area (Å²) in [5.41, 5.74) is 6.37. The van der Waals surface area contributed by atoms with Crippen LogP contribution < -0.4 is 5.73 Å². The van der Waals surface area contributed by atoms with Crippen molar-refractivity contribution in [2.24, 2.45) is 0 Å². The Morgan fingerprint density at radius 2 is 2.22 bits per heavy atom. The minimum absolute atomic E-state index is 0.0391. The van der Waals surface area contributed by atoms with Crippen LogP contribution in [-0.2, 0) is 16.0 Å². The van der Waals surface area contributed by atoms with E-state index >= 15 is 0 Å². The maximum Gasteiger partial charge on any atom is 0.311 e. The van der Waals surface area contributed by atoms with Crippen molar-refractivity contribution < 1.29 is 24.9 Å². The Kier molecular flexibility index (Phi) is 4.10. The van der Waals surface area contributed by atoms with E-state index in [1.807, 2.05) is 0 Å². The van der Waals surface area contributed by atoms with Gasteiger partial charge in [-0.25, -0.2) is 15.0 Å². The molecule has 0 saturated carbocycles. The molecule has 1 fully saturated rings. The number of aliphatic hydroxyl groups excluding tert-OH is 2. The van der Waals surface area contributed by atoms with E-state index in [0.29, 0.717) is 5.52 Å². The van der Waals surface area contributed by atoms with Crippen LogP contribution >= 0.6 is 12.6 Å². The van der Waals surface area contributed by atoms with Gasteiger partial charge in [0.05, 0.1) is 24.3 Å². The zero-order valence-electron chi connectivity index (χ0n) is 11.8. The highest BCUT2D eigenvalue weighted by atomic mass is 32.1. The smallest absolute Gasteiger partial charge is 0.311 e. The van der Waals surface area contributed by atoms with Crippen LogP contribution in [0, 0.1) is 0 Å². The molecule has 23 heavy (non-hydrogen) atoms. The quantitative estimate of drug-likeness (QED) is 0.421. The van der Waals surface area contributed by atoms with Crippen molar-refractivity contribution in [3.8, 4) is 0 Å². The molecule has 0 amide bonds. The van der Waals surface area contributed by atoms with Gasteiger partial charge in [0, 0.05) is 0 Å². The van der Waals surface area contributed by atoms with Gasteiger partial charge in [-0.15, -0.1) is 0 Å². The Balaban J connectivity index is 2.05. The van der Waals surface area contributed by atoms with Crippen LogP contribution in [0.2, 0.25) is 0 Å². The number of hydrogen-bond acceptors (Lipinski definition) is 9. The van der Waals surface area contributed by atoms with Gasteiger partial charge in [-0.2, -0.15) is 12.6 Å². The third-order valence-corrected chi connectivity index (χ3v) is 4.16. The second-order valence-electron chi connectivity index (χ2n) is 5.15. The lowest BCUT2D eigenvalue weighted by Crippen LogP contribution is -2.30. The molecule has 4 atom stereocenters. The first-order chi connectivity index (χ1) is 10.9. The summed E-state index contributed by atoms with van der Waals surface area (Å²) in [5.74, 6) is -0.995. The molecule has 3 heterocycles. The topological polar surface area (TPSA) is 157 Å². The molecular formula is C12H15N5O5S. The van der Waals surface area contributed by atoms with Gasteiger partial charge in [0.2, 0.25) is 0 Å². The van der Waals surface area contributed by atoms with Crippen LogP contribution in [0.5, 0.6) is 0 Å². The number of carboxylic acids is 1. The van der Waals surface area contributed by atoms with E-state index in [1.165, 1.54) is 10.9 Å². The van der Waals surface area contributed by atoms with E-state index in [1.54, 1.807) is 0 Å². The molecule has 0 bridgehead atoms. The minimum atomic E-state index is -1.09. The van der Waals surface area contributed by atoms with Crippen molar-refractivity contribution in [2.75, 3.05) is 12.3 Å². The lowest BCUT2D eigenvalue weighted by Gasteiger charge is -2.17. The van der Waals surface area contributed by atoms with Crippen LogP contribution in [0.1, 0.15) is 12.1 Å². The predicted octanol–water partition coefficient (Wildman–Crippen LogP) is -1.42. The third-order valence-electron chi connectivity index (χ3n) is 3.60. The molecule has 10 nitrogen and oxygen atoms in total. The molecule has 5 N–H and O–H groups in total. The summed E-state index contributed by atoms with van der Waals surface area (Å²) in [5, 5.41) is 27.5. The second kappa shape index (κ2) is 5.92. The van der Waals surface area contributed by atoms with Crippen molar-refractivity contribution in [3.63, 3.8) is 0 Å². The van der Waals surface area contributed by atoms with Gasteiger partial charge in [-0.1, -0.05) is 0 Å². The summed E-state index contributed by atoms with van der Waals surface area (Å²) in [6.45, 7) is -0.358. The monoisotopic (exact) mass is 341 g/mol. The molecule has 2 aromatic rings. The molecule has 1 aliphatic rings. The van der Waals surface area contributed by atoms with Crippen LogP contribution in [0.25, 0.3) is 11.2 Å². The number of nitrogen functional groups attached to an aromatic ring is 1. The van der Waals surface area contributed by atoms with Gasteiger partial charge in [0.1, 0.15) is 23.9 Å². The van der Waals surface area contributed by atoms with Crippen LogP contribution in [0.15, 0.2) is 6.33 Å². The highest BCUT2D eigenvalue weighted by Crippen LogP contribution is 2.35. The number of fused-ring (bicyclic) bond motifs is 1. The highest BCUT2D eigenvalue weighted by molar-refractivity contribution is 7.81. The van der Waals surface area contributed by atoms with E-state index in [2.05, 4.69) is 27.6 Å². The Bertz CT molecular complexity index is 753. The number of imidazole rings is 1. The fourth-order valence-electron chi connectivity index (χ4n) is 2.50. The summed E-state index contributed by atoms with van der Waals surface area (Å²) >= 11 is 4.31. The molecule has 1 aliphatic heterocycles. The normalized spacial score (nSPS) is 27.6. The molecular weight excluding hydrogens is 326 g/mol. The number of thiol groups is 1. The number of nitrogens with two attached hydrogens (primary N) is 1. The van der Waals surface area contributed by atoms with Crippen LogP contribution in [0.4, 0.5) is 5.82 Å². The molecule has 3 rings (SSSR count). The number of carboxylic acid groups (broad SMARTS) is 1. The van der Waals surface area contributed by atoms with Crippen LogP contribution in [0.3, 0.4) is 0 Å². The van der Waals surface area contributed by atoms with E-state index in [-0.39, 0.29) is 30.3 Å². The SMILES string of the molecule is Nc1nc(CC(=O)O)nc2c1ncn2[C@@H]1O[C@H](CO)[C@@H](O)[C@H]1S. The van der Waals surface area contributed by atoms with E-state index in [0.717, 1.165) is 0 Å². The van der Waals surface area contributed by atoms with Gasteiger partial charge in [0.15, 0.2) is 17.7 Å². The standard InChI is InChI=1S/C12H15N5O5S/c13-10-7-11(16-5(15-10)1-6(19)20)17(3-14-7)12-9(23)8(21)4(2-18)22-12/h3-4,8-9,12,18,21,23H,1-2H2,(H,19,20)(H2,13,15,16)/t4-,8-,9-,12-/m1/s1. The van der Waals surface area contributed by atoms with Crippen molar-refractivity contribution in [1.82, 2.24) is 19.5 Å². The first-order valence-corrected chi connectivity index (χ1v) is 7.27. The fourth-order valence-corrected chi connectivity index (χ4v) is 2.90. The summed E-state index contributed by atoms with van der Waals surface area (Å²) in [6, 6.07) is 0. The maximum absolute atomic E-state index is 10.8. The predicted molar refractivity (Wildman–Crippen MR) is 80.9 cm³/mol. The lowest BCUT2D eigenvalue weighted by atomic mass is 10.2. The largest absolute Gasteiger partial charge is 0.481 e. The van der Waals surface area contributed by atoms with Crippen LogP contribution in [-0.4, -0.2) is 64.9 Å². The number of carbonyl (C=O) groups is 1. The number of nitrogens with zero attached hydrogens (tertiary/aromatic N) is 4. The van der Waals surface area contributed by atoms with Gasteiger partial charge < -0.3 is 25.8 Å². The molecule has 11 heteroatoms. The molecule has 2 aromatic heterocycles. The summed E-state index contributed by atoms with van der Waals surface area (Å²) < 4.78 is 7.07. The average Bonchev–Trinajstić information content (AvgIpc) is 3.01. The Morgan fingerprint density at radius 3 is 2.83 bits per heavy atom. The highest BCUT2D eigenvalue weighted by Gasteiger charge is 2.43. The number of ether oxygens (including phenoxy) is 1. The maximum atomic E-state index is 10.8. The van der Waals surface area contributed by atoms with Crippen molar-refractivity contribution in [1.29, 1.82) is 0 Å². The summed E-state index contributed by atoms with van der Waals surface area (Å²) in [6.07, 6.45) is -1.47. The Morgan fingerprint density at radius 1 is 1.48 bits per heavy atom. The fraction of sp³-hybridized carbons (Fsp3) is 0.500. The number of aromatic nitrogens is 4. The summed E-state index contributed by atoms with van der Waals surface area (Å²) in [4.78, 5) is 23.0. The minimum Gasteiger partial charge on any atom is -0.481 e. The molecule has 1 saturated heterocycles. The first-order valence-electron chi connectivity index (χ1n) is 6.75. The van der Waals surface area contributed by atoms with E-state index < -0.39 is 29.7 Å². The molecule has 124 valence electrons. The van der Waals surface area contributed by atoms with E-state index in [9.17, 15) is 15.0 Å².